The lowest BCUT2D eigenvalue weighted by molar-refractivity contribution is -0.148. The van der Waals surface area contributed by atoms with Crippen LogP contribution in [0.2, 0.25) is 0 Å². The molecule has 7 heteroatoms. The number of hydrogen-bond donors (Lipinski definition) is 2. The zero-order chi connectivity index (χ0) is 15.5. The van der Waals surface area contributed by atoms with Crippen molar-refractivity contribution in [2.24, 2.45) is 0 Å². The van der Waals surface area contributed by atoms with Gasteiger partial charge >= 0.3 is 6.18 Å². The van der Waals surface area contributed by atoms with E-state index in [4.69, 9.17) is 4.74 Å². The SMILES string of the molecule is COc1ccc(O)c([C@H](CC(F)(F)F)N2CCNCC2)c1. The molecule has 1 fully saturated rings. The molecule has 1 heterocycles. The van der Waals surface area contributed by atoms with E-state index in [1.807, 2.05) is 0 Å². The molecule has 0 radical (unpaired) electrons. The average molecular weight is 304 g/mol. The molecule has 0 saturated carbocycles. The number of rotatable bonds is 4. The van der Waals surface area contributed by atoms with Crippen LogP contribution in [0.15, 0.2) is 18.2 Å². The van der Waals surface area contributed by atoms with Crippen molar-refractivity contribution >= 4 is 0 Å². The molecule has 1 aromatic rings. The lowest BCUT2D eigenvalue weighted by atomic mass is 9.99. The van der Waals surface area contributed by atoms with Gasteiger partial charge in [-0.3, -0.25) is 4.90 Å². The van der Waals surface area contributed by atoms with Gasteiger partial charge in [-0.15, -0.1) is 0 Å². The highest BCUT2D eigenvalue weighted by molar-refractivity contribution is 5.41. The van der Waals surface area contributed by atoms with Crippen LogP contribution >= 0.6 is 0 Å². The fourth-order valence-electron chi connectivity index (χ4n) is 2.58. The molecule has 0 spiro atoms. The molecule has 0 aromatic heterocycles. The first-order valence-corrected chi connectivity index (χ1v) is 6.79. The second-order valence-electron chi connectivity index (χ2n) is 5.05. The Morgan fingerprint density at radius 3 is 2.57 bits per heavy atom. The smallest absolute Gasteiger partial charge is 0.390 e. The summed E-state index contributed by atoms with van der Waals surface area (Å²) in [6.07, 6.45) is -5.29. The summed E-state index contributed by atoms with van der Waals surface area (Å²) in [5, 5.41) is 13.1. The minimum atomic E-state index is -4.30. The highest BCUT2D eigenvalue weighted by Gasteiger charge is 2.37. The minimum absolute atomic E-state index is 0.136. The first kappa shape index (κ1) is 15.9. The third-order valence-corrected chi connectivity index (χ3v) is 3.61. The van der Waals surface area contributed by atoms with Gasteiger partial charge in [0.2, 0.25) is 0 Å². The first-order valence-electron chi connectivity index (χ1n) is 6.79. The predicted molar refractivity (Wildman–Crippen MR) is 72.5 cm³/mol. The monoisotopic (exact) mass is 304 g/mol. The number of halogens is 3. The standard InChI is InChI=1S/C14H19F3N2O2/c1-21-10-2-3-13(20)11(8-10)12(9-14(15,16)17)19-6-4-18-5-7-19/h2-3,8,12,18,20H,4-7,9H2,1H3/t12-/m0/s1. The van der Waals surface area contributed by atoms with Gasteiger partial charge in [-0.05, 0) is 18.2 Å². The number of piperazine rings is 1. The first-order chi connectivity index (χ1) is 9.90. The van der Waals surface area contributed by atoms with E-state index in [0.717, 1.165) is 0 Å². The number of phenolic OH excluding ortho intramolecular Hbond substituents is 1. The largest absolute Gasteiger partial charge is 0.508 e. The molecule has 2 N–H and O–H groups in total. The molecule has 1 saturated heterocycles. The Morgan fingerprint density at radius 1 is 1.33 bits per heavy atom. The topological polar surface area (TPSA) is 44.7 Å². The van der Waals surface area contributed by atoms with E-state index >= 15 is 0 Å². The molecule has 0 amide bonds. The molecule has 0 bridgehead atoms. The maximum Gasteiger partial charge on any atom is 0.390 e. The van der Waals surface area contributed by atoms with Crippen LogP contribution in [0.4, 0.5) is 13.2 Å². The van der Waals surface area contributed by atoms with Crippen LogP contribution in [0.1, 0.15) is 18.0 Å². The second kappa shape index (κ2) is 6.53. The highest BCUT2D eigenvalue weighted by Crippen LogP contribution is 2.39. The molecule has 0 unspecified atom stereocenters. The third-order valence-electron chi connectivity index (χ3n) is 3.61. The number of hydrogen-bond acceptors (Lipinski definition) is 4. The summed E-state index contributed by atoms with van der Waals surface area (Å²) in [4.78, 5) is 1.75. The number of aromatic hydroxyl groups is 1. The van der Waals surface area contributed by atoms with Crippen LogP contribution in [-0.4, -0.2) is 49.5 Å². The minimum Gasteiger partial charge on any atom is -0.508 e. The van der Waals surface area contributed by atoms with E-state index in [1.165, 1.54) is 25.3 Å². The van der Waals surface area contributed by atoms with Crippen LogP contribution in [0.5, 0.6) is 11.5 Å². The van der Waals surface area contributed by atoms with Crippen molar-refractivity contribution in [1.29, 1.82) is 0 Å². The zero-order valence-electron chi connectivity index (χ0n) is 11.8. The molecule has 118 valence electrons. The maximum atomic E-state index is 12.9. The summed E-state index contributed by atoms with van der Waals surface area (Å²) in [7, 11) is 1.44. The molecule has 1 aromatic carbocycles. The average Bonchev–Trinajstić information content (AvgIpc) is 2.45. The number of phenols is 1. The van der Waals surface area contributed by atoms with E-state index in [-0.39, 0.29) is 11.3 Å². The molecule has 2 rings (SSSR count). The van der Waals surface area contributed by atoms with Gasteiger partial charge in [0.25, 0.3) is 0 Å². The van der Waals surface area contributed by atoms with Gasteiger partial charge < -0.3 is 15.2 Å². The van der Waals surface area contributed by atoms with Crippen LogP contribution in [-0.2, 0) is 0 Å². The molecule has 1 atom stereocenters. The Hall–Kier alpha value is -1.47. The lowest BCUT2D eigenvalue weighted by Gasteiger charge is -2.36. The van der Waals surface area contributed by atoms with Crippen LogP contribution in [0.25, 0.3) is 0 Å². The second-order valence-corrected chi connectivity index (χ2v) is 5.05. The Kier molecular flexibility index (Phi) is 4.95. The highest BCUT2D eigenvalue weighted by atomic mass is 19.4. The van der Waals surface area contributed by atoms with Crippen molar-refractivity contribution in [2.45, 2.75) is 18.6 Å². The normalized spacial score (nSPS) is 18.5. The summed E-state index contributed by atoms with van der Waals surface area (Å²) >= 11 is 0. The van der Waals surface area contributed by atoms with Gasteiger partial charge in [0.05, 0.1) is 13.5 Å². The van der Waals surface area contributed by atoms with Gasteiger partial charge in [0.15, 0.2) is 0 Å². The van der Waals surface area contributed by atoms with E-state index in [0.29, 0.717) is 31.9 Å². The molecule has 21 heavy (non-hydrogen) atoms. The summed E-state index contributed by atoms with van der Waals surface area (Å²) in [5.74, 6) is 0.300. The van der Waals surface area contributed by atoms with Gasteiger partial charge in [-0.1, -0.05) is 0 Å². The van der Waals surface area contributed by atoms with Crippen molar-refractivity contribution in [1.82, 2.24) is 10.2 Å². The quantitative estimate of drug-likeness (QED) is 0.896. The van der Waals surface area contributed by atoms with Gasteiger partial charge in [-0.2, -0.15) is 13.2 Å². The Balaban J connectivity index is 2.33. The number of nitrogens with one attached hydrogen (secondary N) is 1. The van der Waals surface area contributed by atoms with Crippen molar-refractivity contribution in [3.8, 4) is 11.5 Å². The lowest BCUT2D eigenvalue weighted by Crippen LogP contribution is -2.46. The van der Waals surface area contributed by atoms with E-state index in [1.54, 1.807) is 4.90 Å². The van der Waals surface area contributed by atoms with Crippen LogP contribution in [0, 0.1) is 0 Å². The molecule has 0 aliphatic carbocycles. The molecule has 4 nitrogen and oxygen atoms in total. The zero-order valence-corrected chi connectivity index (χ0v) is 11.8. The molecule has 1 aliphatic rings. The fourth-order valence-corrected chi connectivity index (χ4v) is 2.58. The van der Waals surface area contributed by atoms with Crippen molar-refractivity contribution in [3.63, 3.8) is 0 Å². The van der Waals surface area contributed by atoms with Crippen molar-refractivity contribution in [2.75, 3.05) is 33.3 Å². The number of nitrogens with zero attached hydrogens (tertiary/aromatic N) is 1. The maximum absolute atomic E-state index is 12.9. The van der Waals surface area contributed by atoms with E-state index in [9.17, 15) is 18.3 Å². The van der Waals surface area contributed by atoms with Crippen molar-refractivity contribution in [3.05, 3.63) is 23.8 Å². The van der Waals surface area contributed by atoms with E-state index in [2.05, 4.69) is 5.32 Å². The fraction of sp³-hybridized carbons (Fsp3) is 0.571. The number of alkyl halides is 3. The Labute approximate surface area is 121 Å². The number of benzene rings is 1. The van der Waals surface area contributed by atoms with Crippen molar-refractivity contribution < 1.29 is 23.0 Å². The Morgan fingerprint density at radius 2 is 2.00 bits per heavy atom. The third kappa shape index (κ3) is 4.25. The summed E-state index contributed by atoms with van der Waals surface area (Å²) in [6.45, 7) is 2.30. The van der Waals surface area contributed by atoms with Gasteiger partial charge in [0.1, 0.15) is 11.5 Å². The molecular weight excluding hydrogens is 285 g/mol. The molecular formula is C14H19F3N2O2. The number of ether oxygens (including phenoxy) is 1. The van der Waals surface area contributed by atoms with Crippen LogP contribution < -0.4 is 10.1 Å². The van der Waals surface area contributed by atoms with Crippen LogP contribution in [0.3, 0.4) is 0 Å². The predicted octanol–water partition coefficient (Wildman–Crippen LogP) is 2.30. The summed E-state index contributed by atoms with van der Waals surface area (Å²) in [5.41, 5.74) is 0.258. The number of methoxy groups -OCH3 is 1. The van der Waals surface area contributed by atoms with Gasteiger partial charge in [-0.25, -0.2) is 0 Å². The summed E-state index contributed by atoms with van der Waals surface area (Å²) in [6, 6.07) is 3.48. The molecule has 1 aliphatic heterocycles. The summed E-state index contributed by atoms with van der Waals surface area (Å²) < 4.78 is 43.8. The van der Waals surface area contributed by atoms with Gasteiger partial charge in [0, 0.05) is 37.8 Å². The van der Waals surface area contributed by atoms with E-state index < -0.39 is 18.6 Å². The Bertz CT molecular complexity index is 474.